The second-order valence-electron chi connectivity index (χ2n) is 5.24. The van der Waals surface area contributed by atoms with Gasteiger partial charge in [-0.1, -0.05) is 18.2 Å². The molecule has 0 fully saturated rings. The number of nitrogens with one attached hydrogen (secondary N) is 1. The number of anilines is 1. The molecule has 0 saturated carbocycles. The summed E-state index contributed by atoms with van der Waals surface area (Å²) >= 11 is 0. The Labute approximate surface area is 139 Å². The number of aromatic nitrogens is 2. The Hall–Kier alpha value is -3.15. The molecule has 1 N–H and O–H groups in total. The Morgan fingerprint density at radius 3 is 2.83 bits per heavy atom. The maximum absolute atomic E-state index is 12.2. The number of hydrogen-bond donors (Lipinski definition) is 1. The van der Waals surface area contributed by atoms with Gasteiger partial charge in [0.15, 0.2) is 6.61 Å². The fourth-order valence-corrected chi connectivity index (χ4v) is 2.33. The second-order valence-corrected chi connectivity index (χ2v) is 5.24. The molecule has 0 radical (unpaired) electrons. The SMILES string of the molecule is COc1ccc(C)cc1NC(=O)COc1ncnc2ccccc12. The maximum atomic E-state index is 12.2. The van der Waals surface area contributed by atoms with Crippen LogP contribution in [0.15, 0.2) is 48.8 Å². The van der Waals surface area contributed by atoms with Crippen molar-refractivity contribution >= 4 is 22.5 Å². The van der Waals surface area contributed by atoms with Gasteiger partial charge in [0.1, 0.15) is 12.1 Å². The van der Waals surface area contributed by atoms with E-state index in [1.807, 2.05) is 49.4 Å². The van der Waals surface area contributed by atoms with Crippen molar-refractivity contribution in [1.82, 2.24) is 9.97 Å². The Balaban J connectivity index is 1.71. The zero-order chi connectivity index (χ0) is 16.9. The number of methoxy groups -OCH3 is 1. The van der Waals surface area contributed by atoms with Crippen LogP contribution >= 0.6 is 0 Å². The summed E-state index contributed by atoms with van der Waals surface area (Å²) in [6, 6.07) is 13.0. The molecule has 0 saturated heterocycles. The van der Waals surface area contributed by atoms with Crippen LogP contribution in [-0.4, -0.2) is 29.6 Å². The lowest BCUT2D eigenvalue weighted by atomic mass is 10.2. The number of carbonyl (C=O) groups is 1. The van der Waals surface area contributed by atoms with Crippen molar-refractivity contribution in [1.29, 1.82) is 0 Å². The number of hydrogen-bond acceptors (Lipinski definition) is 5. The van der Waals surface area contributed by atoms with Gasteiger partial charge in [-0.05, 0) is 36.8 Å². The number of amides is 1. The third kappa shape index (κ3) is 3.43. The van der Waals surface area contributed by atoms with Crippen molar-refractivity contribution < 1.29 is 14.3 Å². The molecule has 6 heteroatoms. The van der Waals surface area contributed by atoms with E-state index in [0.717, 1.165) is 16.5 Å². The minimum atomic E-state index is -0.290. The van der Waals surface area contributed by atoms with Crippen molar-refractivity contribution in [2.45, 2.75) is 6.92 Å². The molecule has 2 aromatic carbocycles. The lowest BCUT2D eigenvalue weighted by Gasteiger charge is -2.12. The fourth-order valence-electron chi connectivity index (χ4n) is 2.33. The smallest absolute Gasteiger partial charge is 0.262 e. The summed E-state index contributed by atoms with van der Waals surface area (Å²) in [6.07, 6.45) is 1.42. The molecule has 24 heavy (non-hydrogen) atoms. The molecule has 0 aliphatic rings. The Bertz CT molecular complexity index is 875. The lowest BCUT2D eigenvalue weighted by molar-refractivity contribution is -0.118. The van der Waals surface area contributed by atoms with E-state index in [9.17, 15) is 4.79 Å². The van der Waals surface area contributed by atoms with Crippen LogP contribution < -0.4 is 14.8 Å². The molecule has 0 unspecified atom stereocenters. The topological polar surface area (TPSA) is 73.3 Å². The first kappa shape index (κ1) is 15.7. The third-order valence-corrected chi connectivity index (χ3v) is 3.48. The Morgan fingerprint density at radius 2 is 2.00 bits per heavy atom. The van der Waals surface area contributed by atoms with Crippen molar-refractivity contribution in [3.05, 3.63) is 54.4 Å². The average Bonchev–Trinajstić information content (AvgIpc) is 2.60. The molecule has 122 valence electrons. The average molecular weight is 323 g/mol. The Morgan fingerprint density at radius 1 is 1.17 bits per heavy atom. The quantitative estimate of drug-likeness (QED) is 0.781. The number of carbonyl (C=O) groups excluding carboxylic acids is 1. The highest BCUT2D eigenvalue weighted by Gasteiger charge is 2.10. The van der Waals surface area contributed by atoms with E-state index in [0.29, 0.717) is 17.3 Å². The summed E-state index contributed by atoms with van der Waals surface area (Å²) in [5, 5.41) is 3.55. The number of rotatable bonds is 5. The summed E-state index contributed by atoms with van der Waals surface area (Å²) < 4.78 is 10.8. The summed E-state index contributed by atoms with van der Waals surface area (Å²) in [5.41, 5.74) is 2.40. The van der Waals surface area contributed by atoms with Gasteiger partial charge in [0.2, 0.25) is 5.88 Å². The molecular formula is C18H17N3O3. The van der Waals surface area contributed by atoms with Crippen LogP contribution in [0.3, 0.4) is 0 Å². The van der Waals surface area contributed by atoms with Gasteiger partial charge in [-0.3, -0.25) is 4.79 Å². The zero-order valence-electron chi connectivity index (χ0n) is 13.4. The lowest BCUT2D eigenvalue weighted by Crippen LogP contribution is -2.21. The molecule has 6 nitrogen and oxygen atoms in total. The maximum Gasteiger partial charge on any atom is 0.262 e. The predicted molar refractivity (Wildman–Crippen MR) is 91.4 cm³/mol. The molecule has 0 atom stereocenters. The van der Waals surface area contributed by atoms with Crippen molar-refractivity contribution in [2.24, 2.45) is 0 Å². The number of aryl methyl sites for hydroxylation is 1. The summed E-state index contributed by atoms with van der Waals surface area (Å²) in [6.45, 7) is 1.79. The minimum absolute atomic E-state index is 0.155. The van der Waals surface area contributed by atoms with Crippen molar-refractivity contribution in [3.63, 3.8) is 0 Å². The van der Waals surface area contributed by atoms with Gasteiger partial charge in [0.05, 0.1) is 23.7 Å². The second kappa shape index (κ2) is 6.95. The third-order valence-electron chi connectivity index (χ3n) is 3.48. The standard InChI is InChI=1S/C18H17N3O3/c1-12-7-8-16(23-2)15(9-12)21-17(22)10-24-18-13-5-3-4-6-14(13)19-11-20-18/h3-9,11H,10H2,1-2H3,(H,21,22). The van der Waals surface area contributed by atoms with Crippen LogP contribution in [0, 0.1) is 6.92 Å². The highest BCUT2D eigenvalue weighted by Crippen LogP contribution is 2.25. The molecule has 1 amide bonds. The van der Waals surface area contributed by atoms with Crippen molar-refractivity contribution in [3.8, 4) is 11.6 Å². The molecule has 0 aliphatic heterocycles. The number of nitrogens with zero attached hydrogens (tertiary/aromatic N) is 2. The zero-order valence-corrected chi connectivity index (χ0v) is 13.4. The fraction of sp³-hybridized carbons (Fsp3) is 0.167. The first-order valence-electron chi connectivity index (χ1n) is 7.44. The first-order chi connectivity index (χ1) is 11.7. The van der Waals surface area contributed by atoms with Gasteiger partial charge in [0, 0.05) is 0 Å². The molecular weight excluding hydrogens is 306 g/mol. The minimum Gasteiger partial charge on any atom is -0.495 e. The summed E-state index contributed by atoms with van der Waals surface area (Å²) in [5.74, 6) is 0.690. The van der Waals surface area contributed by atoms with Crippen LogP contribution in [0.4, 0.5) is 5.69 Å². The van der Waals surface area contributed by atoms with Crippen LogP contribution in [0.2, 0.25) is 0 Å². The monoisotopic (exact) mass is 323 g/mol. The van der Waals surface area contributed by atoms with Gasteiger partial charge in [-0.15, -0.1) is 0 Å². The van der Waals surface area contributed by atoms with Crippen LogP contribution in [0.5, 0.6) is 11.6 Å². The van der Waals surface area contributed by atoms with E-state index >= 15 is 0 Å². The van der Waals surface area contributed by atoms with Crippen LogP contribution in [0.1, 0.15) is 5.56 Å². The van der Waals surface area contributed by atoms with E-state index in [1.165, 1.54) is 6.33 Å². The van der Waals surface area contributed by atoms with E-state index in [4.69, 9.17) is 9.47 Å². The first-order valence-corrected chi connectivity index (χ1v) is 7.44. The van der Waals surface area contributed by atoms with Crippen LogP contribution in [-0.2, 0) is 4.79 Å². The largest absolute Gasteiger partial charge is 0.495 e. The van der Waals surface area contributed by atoms with E-state index < -0.39 is 0 Å². The summed E-state index contributed by atoms with van der Waals surface area (Å²) in [4.78, 5) is 20.4. The molecule has 0 bridgehead atoms. The highest BCUT2D eigenvalue weighted by atomic mass is 16.5. The van der Waals surface area contributed by atoms with E-state index in [2.05, 4.69) is 15.3 Å². The number of ether oxygens (including phenoxy) is 2. The number of fused-ring (bicyclic) bond motifs is 1. The van der Waals surface area contributed by atoms with Crippen LogP contribution in [0.25, 0.3) is 10.9 Å². The van der Waals surface area contributed by atoms with Gasteiger partial charge in [-0.25, -0.2) is 9.97 Å². The molecule has 3 aromatic rings. The summed E-state index contributed by atoms with van der Waals surface area (Å²) in [7, 11) is 1.56. The molecule has 3 rings (SSSR count). The van der Waals surface area contributed by atoms with Crippen molar-refractivity contribution in [2.75, 3.05) is 19.0 Å². The van der Waals surface area contributed by atoms with Gasteiger partial charge < -0.3 is 14.8 Å². The van der Waals surface area contributed by atoms with Gasteiger partial charge in [0.25, 0.3) is 5.91 Å². The Kier molecular flexibility index (Phi) is 4.56. The van der Waals surface area contributed by atoms with Gasteiger partial charge >= 0.3 is 0 Å². The number of para-hydroxylation sites is 1. The molecule has 1 aromatic heterocycles. The van der Waals surface area contributed by atoms with E-state index in [1.54, 1.807) is 7.11 Å². The highest BCUT2D eigenvalue weighted by molar-refractivity contribution is 5.93. The van der Waals surface area contributed by atoms with E-state index in [-0.39, 0.29) is 12.5 Å². The molecule has 1 heterocycles. The normalized spacial score (nSPS) is 10.4. The molecule has 0 spiro atoms. The predicted octanol–water partition coefficient (Wildman–Crippen LogP) is 2.96. The number of benzene rings is 2. The molecule has 0 aliphatic carbocycles. The van der Waals surface area contributed by atoms with Gasteiger partial charge in [-0.2, -0.15) is 0 Å².